The van der Waals surface area contributed by atoms with E-state index in [0.29, 0.717) is 22.2 Å². The van der Waals surface area contributed by atoms with Crippen LogP contribution >= 0.6 is 55.9 Å². The van der Waals surface area contributed by atoms with Crippen LogP contribution in [0.4, 0.5) is 0 Å². The average Bonchev–Trinajstić information content (AvgIpc) is 0.762. The maximum atomic E-state index is 14.5. The number of ketones is 1. The van der Waals surface area contributed by atoms with E-state index in [1.54, 1.807) is 40.9 Å². The van der Waals surface area contributed by atoms with Gasteiger partial charge in [0.1, 0.15) is 36.6 Å². The number of aliphatic hydroxyl groups excluding tert-OH is 4. The van der Waals surface area contributed by atoms with Gasteiger partial charge in [-0.2, -0.15) is 5.48 Å². The molecule has 92 heavy (non-hydrogen) atoms. The predicted octanol–water partition coefficient (Wildman–Crippen LogP) is 3.01. The third kappa shape index (κ3) is 18.5. The Morgan fingerprint density at radius 3 is 2.26 bits per heavy atom. The fraction of sp³-hybridized carbons (Fsp3) is 0.677. The summed E-state index contributed by atoms with van der Waals surface area (Å²) in [5.74, 6) is 9.73. The number of methoxy groups -OCH3 is 5. The highest BCUT2D eigenvalue weighted by Crippen LogP contribution is 2.49. The Morgan fingerprint density at radius 2 is 1.60 bits per heavy atom. The third-order valence-electron chi connectivity index (χ3n) is 16.2. The molecule has 0 saturated carbocycles. The van der Waals surface area contributed by atoms with Crippen molar-refractivity contribution in [2.75, 3.05) is 67.5 Å². The van der Waals surface area contributed by atoms with Gasteiger partial charge in [0.2, 0.25) is 17.2 Å². The second kappa shape index (κ2) is 34.5. The Kier molecular flexibility index (Phi) is 28.4. The number of hydrogen-bond donors (Lipinski definition) is 9. The van der Waals surface area contributed by atoms with Crippen molar-refractivity contribution in [2.45, 2.75) is 201 Å². The first-order valence-electron chi connectivity index (χ1n) is 30.1. The maximum Gasteiger partial charge on any atom is 0.310 e. The zero-order chi connectivity index (χ0) is 67.4. The molecule has 512 valence electrons. The van der Waals surface area contributed by atoms with Gasteiger partial charge < -0.3 is 98.1 Å². The first-order chi connectivity index (χ1) is 43.7. The van der Waals surface area contributed by atoms with E-state index < -0.39 is 145 Å². The molecular formula is C62H86IN3O23S3. The lowest BCUT2D eigenvalue weighted by molar-refractivity contribution is -0.336. The summed E-state index contributed by atoms with van der Waals surface area (Å²) in [4.78, 5) is 59.3. The number of carboxylic acid groups (broad SMARTS) is 1. The standard InChI is InChI=1S/C62H86IN3O23S3/c1-13-65-36-28-82-43(26-40(36)77-8)87-55-50(73)48(66-89-44-25-37(67)57(33(5)83-44)91-58(75)45-30(2)47(63)53(56(81-12)52(45)79-10)88-59-51(74)54(80-11)49(72)32(4)85-59)31(3)84-60(55)86-39-18-16-14-15-17-21-62(76)27-38(68)34(24-42(71)78-9)46(39)35(62)20-23-90-92-61(6,7)29-64-22-19-41(69)70/h14-15,20,31-33,36-37,39-40,43-44,48-51,54-55,57,59-60,64-67,72-74,76H,13,19,22-29H2,1-12H3,(H,69,70)/b15-14-,35-20+/t31-,32+,33-,36+,37+,39+,40+,43+,44+,48-,49+,50-,51-,54-,55-,57-,59+,60+,62+/m1/s1. The molecule has 4 heterocycles. The van der Waals surface area contributed by atoms with Crippen molar-refractivity contribution in [3.8, 4) is 40.9 Å². The summed E-state index contributed by atoms with van der Waals surface area (Å²) in [6.45, 7) is 14.1. The first-order valence-corrected chi connectivity index (χ1v) is 34.3. The largest absolute Gasteiger partial charge is 0.492 e. The summed E-state index contributed by atoms with van der Waals surface area (Å²) < 4.78 is 72.6. The van der Waals surface area contributed by atoms with Gasteiger partial charge in [-0.05, 0) is 88.4 Å². The molecule has 6 aliphatic rings. The Balaban J connectivity index is 1.13. The number of carbonyl (C=O) groups excluding carboxylic acids is 3. The van der Waals surface area contributed by atoms with Crippen LogP contribution in [0.3, 0.4) is 0 Å². The number of Topliss-reactive ketones (excluding diaryl/α,β-unsaturated/α-hetero) is 1. The van der Waals surface area contributed by atoms with Gasteiger partial charge in [-0.3, -0.25) is 24.0 Å². The Morgan fingerprint density at radius 1 is 0.880 bits per heavy atom. The summed E-state index contributed by atoms with van der Waals surface area (Å²) in [7, 11) is 9.76. The molecular weight excluding hydrogens is 1380 g/mol. The molecule has 0 spiro atoms. The second-order valence-electron chi connectivity index (χ2n) is 23.2. The maximum absolute atomic E-state index is 14.5. The van der Waals surface area contributed by atoms with Gasteiger partial charge in [0.25, 0.3) is 0 Å². The monoisotopic (exact) mass is 1460 g/mol. The summed E-state index contributed by atoms with van der Waals surface area (Å²) >= 11 is 2.81. The lowest BCUT2D eigenvalue weighted by Crippen LogP contribution is -2.65. The molecule has 19 atom stereocenters. The van der Waals surface area contributed by atoms with E-state index in [9.17, 15) is 44.7 Å². The van der Waals surface area contributed by atoms with Gasteiger partial charge in [-0.25, -0.2) is 0 Å². The molecule has 1 aromatic carbocycles. The number of rotatable bonds is 28. The summed E-state index contributed by atoms with van der Waals surface area (Å²) in [6.07, 6.45) is -13.7. The molecule has 0 amide bonds. The number of ether oxygens (including phenoxy) is 12. The van der Waals surface area contributed by atoms with Gasteiger partial charge in [-0.1, -0.05) is 70.0 Å². The number of likely N-dealkylation sites (N-methyl/N-ethyl adjacent to an activating group) is 1. The van der Waals surface area contributed by atoms with E-state index >= 15 is 0 Å². The van der Waals surface area contributed by atoms with Crippen LogP contribution in [-0.4, -0.2) is 241 Å². The van der Waals surface area contributed by atoms with Crippen LogP contribution in [0.25, 0.3) is 0 Å². The second-order valence-corrected chi connectivity index (χ2v) is 28.5. The lowest BCUT2D eigenvalue weighted by Gasteiger charge is -2.46. The highest BCUT2D eigenvalue weighted by atomic mass is 127. The van der Waals surface area contributed by atoms with Crippen molar-refractivity contribution >= 4 is 78.8 Å². The molecule has 0 unspecified atom stereocenters. The number of aliphatic carboxylic acids is 1. The van der Waals surface area contributed by atoms with Crippen LogP contribution in [0.1, 0.15) is 89.6 Å². The number of fused-ring (bicyclic) bond motifs is 2. The van der Waals surface area contributed by atoms with Gasteiger partial charge in [0.05, 0.1) is 104 Å². The van der Waals surface area contributed by atoms with Crippen molar-refractivity contribution in [1.82, 2.24) is 16.1 Å². The van der Waals surface area contributed by atoms with Crippen LogP contribution in [-0.2, 0) is 61.9 Å². The van der Waals surface area contributed by atoms with E-state index in [1.165, 1.54) is 62.2 Å². The molecule has 7 rings (SSSR count). The molecule has 4 aliphatic heterocycles. The minimum atomic E-state index is -2.10. The zero-order valence-electron chi connectivity index (χ0n) is 53.4. The van der Waals surface area contributed by atoms with Crippen LogP contribution in [0.15, 0.2) is 34.9 Å². The minimum Gasteiger partial charge on any atom is -0.492 e. The number of hydrogen-bond acceptors (Lipinski definition) is 28. The molecule has 9 N–H and O–H groups in total. The molecule has 2 aliphatic carbocycles. The number of thioether (sulfide) groups is 1. The minimum absolute atomic E-state index is 0.0179. The molecule has 4 saturated heterocycles. The summed E-state index contributed by atoms with van der Waals surface area (Å²) in [5.41, 5.74) is 1.49. The lowest BCUT2D eigenvalue weighted by atomic mass is 9.72. The topological polar surface area (TPSA) is 346 Å². The number of benzene rings is 1. The summed E-state index contributed by atoms with van der Waals surface area (Å²) in [6, 6.07) is -1.31. The predicted molar refractivity (Wildman–Crippen MR) is 346 cm³/mol. The average molecular weight is 1460 g/mol. The number of carboxylic acids is 1. The number of esters is 1. The van der Waals surface area contributed by atoms with E-state index in [2.05, 4.69) is 39.8 Å². The van der Waals surface area contributed by atoms with Gasteiger partial charge in [0, 0.05) is 67.4 Å². The van der Waals surface area contributed by atoms with Crippen LogP contribution < -0.4 is 30.3 Å². The number of hydroxylamine groups is 1. The Labute approximate surface area is 561 Å². The highest BCUT2D eigenvalue weighted by Gasteiger charge is 2.52. The van der Waals surface area contributed by atoms with Crippen LogP contribution in [0.5, 0.6) is 17.2 Å². The fourth-order valence-corrected chi connectivity index (χ4v) is 15.5. The highest BCUT2D eigenvalue weighted by molar-refractivity contribution is 14.1. The smallest absolute Gasteiger partial charge is 0.310 e. The van der Waals surface area contributed by atoms with E-state index in [1.807, 2.05) is 43.4 Å². The van der Waals surface area contributed by atoms with Crippen molar-refractivity contribution in [2.24, 2.45) is 0 Å². The van der Waals surface area contributed by atoms with Crippen molar-refractivity contribution in [3.63, 3.8) is 0 Å². The SMILES string of the molecule is CCN[C@H]1CO[C@@H](O[C@H]2[C@H](O[C@H]3C#C/C=C\C#C[C@]4(O)CC(=O)C(CC(=O)OC)=C3/C4=C\CSSC(C)(C)CNCCC(=O)O)O[C@H](C)[C@@H](NO[C@H]3C[C@H](O)[C@H](SC(=O)c4c(C)c(I)c(O[C@@H]5O[C@@H](C)[C@H](O)[C@@H](OC)[C@H]5O)c(OC)c4OC)[C@@H](C)O3)[C@H]2O)C[C@@H]1OC. The van der Waals surface area contributed by atoms with Crippen molar-refractivity contribution in [1.29, 1.82) is 0 Å². The molecule has 26 nitrogen and oxygen atoms in total. The molecule has 4 fully saturated rings. The quantitative estimate of drug-likeness (QED) is 0.0145. The Bertz CT molecular complexity index is 2980. The number of aliphatic hydroxyl groups is 5. The van der Waals surface area contributed by atoms with Crippen molar-refractivity contribution < 1.29 is 111 Å². The van der Waals surface area contributed by atoms with E-state index in [0.717, 1.165) is 11.8 Å². The number of carbonyl (C=O) groups is 4. The summed E-state index contributed by atoms with van der Waals surface area (Å²) in [5, 5.41) is 72.9. The van der Waals surface area contributed by atoms with Gasteiger partial charge >= 0.3 is 11.9 Å². The van der Waals surface area contributed by atoms with E-state index in [-0.39, 0.29) is 88.5 Å². The molecule has 0 radical (unpaired) electrons. The van der Waals surface area contributed by atoms with Gasteiger partial charge in [-0.15, -0.1) is 0 Å². The molecule has 2 bridgehead atoms. The fourth-order valence-electron chi connectivity index (χ4n) is 11.4. The molecule has 30 heteroatoms. The first kappa shape index (κ1) is 75.7. The third-order valence-corrected chi connectivity index (χ3v) is 22.1. The zero-order valence-corrected chi connectivity index (χ0v) is 58.0. The molecule has 1 aromatic rings. The van der Waals surface area contributed by atoms with Gasteiger partial charge in [0.15, 0.2) is 41.8 Å². The molecule has 0 aromatic heterocycles. The number of nitrogens with one attached hydrogen (secondary N) is 3. The van der Waals surface area contributed by atoms with Crippen LogP contribution in [0.2, 0.25) is 0 Å². The van der Waals surface area contributed by atoms with Crippen molar-refractivity contribution in [3.05, 3.63) is 49.6 Å². The van der Waals surface area contributed by atoms with Crippen LogP contribution in [0, 0.1) is 34.2 Å². The normalized spacial score (nSPS) is 34.0. The van der Waals surface area contributed by atoms with E-state index in [4.69, 9.17) is 66.8 Å². The number of halogens is 1. The Hall–Kier alpha value is -3.66. The number of allylic oxidation sites excluding steroid dienone is 2.